The van der Waals surface area contributed by atoms with Crippen LogP contribution in [0.25, 0.3) is 44.0 Å². The number of aryl methyl sites for hydroxylation is 1. The summed E-state index contributed by atoms with van der Waals surface area (Å²) in [5.41, 5.74) is 6.20. The van der Waals surface area contributed by atoms with Gasteiger partial charge in [-0.25, -0.2) is 4.98 Å². The summed E-state index contributed by atoms with van der Waals surface area (Å²) in [5.74, 6) is 0. The highest BCUT2D eigenvalue weighted by Crippen LogP contribution is 2.40. The van der Waals surface area contributed by atoms with E-state index < -0.39 is 0 Å². The number of aromatic nitrogens is 4. The molecule has 1 saturated carbocycles. The standard InChI is InChI=1S/C21H16N4O2/c1-11-15(12-2-7-17-13(8-12)9-23-24-17)5-6-16-19(11)25(14-3-4-14)21(26)18-20(16)27-10-22-18/h2,5-10,14H,3-4H2,1H3,(H,23,24). The molecule has 3 heterocycles. The fraction of sp³-hybridized carbons (Fsp3) is 0.190. The molecule has 27 heavy (non-hydrogen) atoms. The summed E-state index contributed by atoms with van der Waals surface area (Å²) in [7, 11) is 0. The molecule has 5 aromatic rings. The molecular weight excluding hydrogens is 340 g/mol. The monoisotopic (exact) mass is 356 g/mol. The van der Waals surface area contributed by atoms with Crippen molar-refractivity contribution in [2.45, 2.75) is 25.8 Å². The number of hydrogen-bond donors (Lipinski definition) is 1. The van der Waals surface area contributed by atoms with Crippen molar-refractivity contribution in [1.82, 2.24) is 19.7 Å². The lowest BCUT2D eigenvalue weighted by atomic mass is 9.96. The van der Waals surface area contributed by atoms with Crippen LogP contribution in [0.15, 0.2) is 52.1 Å². The molecule has 0 amide bonds. The van der Waals surface area contributed by atoms with E-state index in [0.717, 1.165) is 51.3 Å². The average molecular weight is 356 g/mol. The van der Waals surface area contributed by atoms with Crippen LogP contribution in [0.2, 0.25) is 0 Å². The summed E-state index contributed by atoms with van der Waals surface area (Å²) in [6.45, 7) is 2.08. The van der Waals surface area contributed by atoms with Crippen LogP contribution in [0.4, 0.5) is 0 Å². The highest BCUT2D eigenvalue weighted by molar-refractivity contribution is 6.04. The Balaban J connectivity index is 1.73. The zero-order valence-electron chi connectivity index (χ0n) is 14.7. The molecule has 6 nitrogen and oxygen atoms in total. The van der Waals surface area contributed by atoms with Crippen LogP contribution in [0.3, 0.4) is 0 Å². The predicted molar refractivity (Wildman–Crippen MR) is 104 cm³/mol. The summed E-state index contributed by atoms with van der Waals surface area (Å²) >= 11 is 0. The van der Waals surface area contributed by atoms with Crippen molar-refractivity contribution in [2.24, 2.45) is 0 Å². The Bertz CT molecular complexity index is 1420. The SMILES string of the molecule is Cc1c(-c2ccc3[nH]ncc3c2)ccc2c3ocnc3c(=O)n(C3CC3)c12. The van der Waals surface area contributed by atoms with Gasteiger partial charge in [0.15, 0.2) is 17.5 Å². The molecular formula is C21H16N4O2. The normalized spacial score (nSPS) is 14.6. The molecule has 0 radical (unpaired) electrons. The van der Waals surface area contributed by atoms with E-state index in [4.69, 9.17) is 4.42 Å². The number of H-pyrrole nitrogens is 1. The number of rotatable bonds is 2. The Kier molecular flexibility index (Phi) is 2.76. The van der Waals surface area contributed by atoms with Crippen molar-refractivity contribution in [2.75, 3.05) is 0 Å². The van der Waals surface area contributed by atoms with E-state index in [0.29, 0.717) is 11.1 Å². The van der Waals surface area contributed by atoms with Crippen LogP contribution in [0.1, 0.15) is 24.4 Å². The number of fused-ring (bicyclic) bond motifs is 4. The molecule has 6 rings (SSSR count). The number of pyridine rings is 1. The van der Waals surface area contributed by atoms with Crippen molar-refractivity contribution in [3.05, 3.63) is 58.8 Å². The lowest BCUT2D eigenvalue weighted by Crippen LogP contribution is -2.20. The molecule has 0 unspecified atom stereocenters. The summed E-state index contributed by atoms with van der Waals surface area (Å²) < 4.78 is 7.50. The molecule has 1 fully saturated rings. The van der Waals surface area contributed by atoms with E-state index in [9.17, 15) is 4.79 Å². The fourth-order valence-electron chi connectivity index (χ4n) is 4.10. The summed E-state index contributed by atoms with van der Waals surface area (Å²) in [6.07, 6.45) is 5.25. The van der Waals surface area contributed by atoms with Crippen molar-refractivity contribution in [3.8, 4) is 11.1 Å². The van der Waals surface area contributed by atoms with E-state index in [1.54, 1.807) is 0 Å². The zero-order chi connectivity index (χ0) is 18.1. The second-order valence-electron chi connectivity index (χ2n) is 7.24. The summed E-state index contributed by atoms with van der Waals surface area (Å²) in [4.78, 5) is 17.2. The van der Waals surface area contributed by atoms with Gasteiger partial charge in [-0.2, -0.15) is 5.10 Å². The maximum Gasteiger partial charge on any atom is 0.281 e. The third-order valence-electron chi connectivity index (χ3n) is 5.57. The molecule has 0 aliphatic heterocycles. The Morgan fingerprint density at radius 1 is 1.22 bits per heavy atom. The predicted octanol–water partition coefficient (Wildman–Crippen LogP) is 4.33. The topological polar surface area (TPSA) is 76.7 Å². The first-order valence-electron chi connectivity index (χ1n) is 9.07. The minimum Gasteiger partial charge on any atom is -0.443 e. The van der Waals surface area contributed by atoms with E-state index >= 15 is 0 Å². The van der Waals surface area contributed by atoms with Crippen molar-refractivity contribution >= 4 is 32.9 Å². The molecule has 132 valence electrons. The van der Waals surface area contributed by atoms with Crippen LogP contribution >= 0.6 is 0 Å². The second kappa shape index (κ2) is 5.07. The van der Waals surface area contributed by atoms with E-state index in [1.165, 1.54) is 6.39 Å². The zero-order valence-corrected chi connectivity index (χ0v) is 14.7. The van der Waals surface area contributed by atoms with E-state index in [-0.39, 0.29) is 11.6 Å². The first kappa shape index (κ1) is 14.7. The largest absolute Gasteiger partial charge is 0.443 e. The summed E-state index contributed by atoms with van der Waals surface area (Å²) in [5, 5.41) is 9.10. The van der Waals surface area contributed by atoms with Crippen LogP contribution in [0.5, 0.6) is 0 Å². The van der Waals surface area contributed by atoms with Crippen LogP contribution in [0, 0.1) is 6.92 Å². The maximum atomic E-state index is 13.1. The van der Waals surface area contributed by atoms with E-state index in [2.05, 4.69) is 40.3 Å². The Labute approximate surface area is 153 Å². The smallest absolute Gasteiger partial charge is 0.281 e. The number of hydrogen-bond acceptors (Lipinski definition) is 4. The van der Waals surface area contributed by atoms with Crippen LogP contribution < -0.4 is 5.56 Å². The van der Waals surface area contributed by atoms with Gasteiger partial charge >= 0.3 is 0 Å². The lowest BCUT2D eigenvalue weighted by molar-refractivity contribution is 0.604. The third kappa shape index (κ3) is 1.98. The minimum absolute atomic E-state index is 0.0562. The third-order valence-corrected chi connectivity index (χ3v) is 5.57. The number of benzene rings is 2. The highest BCUT2D eigenvalue weighted by Gasteiger charge is 2.29. The minimum atomic E-state index is -0.0562. The van der Waals surface area contributed by atoms with Crippen molar-refractivity contribution in [3.63, 3.8) is 0 Å². The molecule has 2 aromatic carbocycles. The van der Waals surface area contributed by atoms with Gasteiger partial charge in [0.1, 0.15) is 0 Å². The van der Waals surface area contributed by atoms with Gasteiger partial charge in [-0.3, -0.25) is 9.89 Å². The van der Waals surface area contributed by atoms with Gasteiger partial charge in [0.25, 0.3) is 5.56 Å². The number of aromatic amines is 1. The van der Waals surface area contributed by atoms with Crippen molar-refractivity contribution in [1.29, 1.82) is 0 Å². The summed E-state index contributed by atoms with van der Waals surface area (Å²) in [6, 6.07) is 10.6. The molecule has 1 aliphatic carbocycles. The maximum absolute atomic E-state index is 13.1. The molecule has 0 spiro atoms. The van der Waals surface area contributed by atoms with Gasteiger partial charge in [-0.15, -0.1) is 0 Å². The number of nitrogens with one attached hydrogen (secondary N) is 1. The van der Waals surface area contributed by atoms with Crippen LogP contribution in [-0.2, 0) is 0 Å². The molecule has 0 atom stereocenters. The highest BCUT2D eigenvalue weighted by atomic mass is 16.3. The number of oxazole rings is 1. The Hall–Kier alpha value is -3.41. The van der Waals surface area contributed by atoms with Gasteiger partial charge in [-0.05, 0) is 54.7 Å². The molecule has 1 N–H and O–H groups in total. The average Bonchev–Trinajstić information content (AvgIpc) is 3.19. The van der Waals surface area contributed by atoms with Gasteiger partial charge < -0.3 is 8.98 Å². The first-order chi connectivity index (χ1) is 13.2. The molecule has 0 saturated heterocycles. The number of nitrogens with zero attached hydrogens (tertiary/aromatic N) is 3. The van der Waals surface area contributed by atoms with Gasteiger partial charge in [0.05, 0.1) is 17.2 Å². The Morgan fingerprint density at radius 3 is 2.96 bits per heavy atom. The van der Waals surface area contributed by atoms with Gasteiger partial charge in [0, 0.05) is 16.8 Å². The molecule has 3 aromatic heterocycles. The second-order valence-corrected chi connectivity index (χ2v) is 7.24. The molecule has 1 aliphatic rings. The quantitative estimate of drug-likeness (QED) is 0.511. The van der Waals surface area contributed by atoms with Crippen LogP contribution in [-0.4, -0.2) is 19.7 Å². The van der Waals surface area contributed by atoms with E-state index in [1.807, 2.05) is 22.9 Å². The van der Waals surface area contributed by atoms with Gasteiger partial charge in [-0.1, -0.05) is 12.1 Å². The fourth-order valence-corrected chi connectivity index (χ4v) is 4.10. The molecule has 0 bridgehead atoms. The van der Waals surface area contributed by atoms with Crippen molar-refractivity contribution < 1.29 is 4.42 Å². The molecule has 6 heteroatoms. The Morgan fingerprint density at radius 2 is 2.11 bits per heavy atom. The lowest BCUT2D eigenvalue weighted by Gasteiger charge is -2.15. The first-order valence-corrected chi connectivity index (χ1v) is 9.07. The van der Waals surface area contributed by atoms with Gasteiger partial charge in [0.2, 0.25) is 0 Å².